The molecule has 0 heterocycles. The molecule has 0 aliphatic heterocycles. The molecule has 0 bridgehead atoms. The van der Waals surface area contributed by atoms with Crippen molar-refractivity contribution in [3.8, 4) is 0 Å². The number of carbonyl (C=O) groups excluding carboxylic acids is 2. The van der Waals surface area contributed by atoms with Crippen molar-refractivity contribution < 1.29 is 37.4 Å². The highest BCUT2D eigenvalue weighted by Crippen LogP contribution is 2.46. The zero-order chi connectivity index (χ0) is 32.9. The van der Waals surface area contributed by atoms with Gasteiger partial charge in [-0.25, -0.2) is 27.8 Å². The highest BCUT2D eigenvalue weighted by Gasteiger charge is 2.55. The Morgan fingerprint density at radius 1 is 0.956 bits per heavy atom. The van der Waals surface area contributed by atoms with Gasteiger partial charge in [-0.2, -0.15) is 0 Å². The quantitative estimate of drug-likeness (QED) is 0.139. The number of amides is 1. The first kappa shape index (κ1) is 33.2. The van der Waals surface area contributed by atoms with Gasteiger partial charge in [0.15, 0.2) is 23.0 Å². The summed E-state index contributed by atoms with van der Waals surface area (Å²) in [6, 6.07) is 14.9. The summed E-state index contributed by atoms with van der Waals surface area (Å²) in [6.07, 6.45) is 1.13. The molecule has 1 saturated carbocycles. The number of aliphatic carboxylic acids is 1. The predicted molar refractivity (Wildman–Crippen MR) is 162 cm³/mol. The molecule has 3 aromatic rings. The second-order valence-electron chi connectivity index (χ2n) is 12.1. The lowest BCUT2D eigenvalue weighted by molar-refractivity contribution is -0.157. The minimum Gasteiger partial charge on any atom is -0.479 e. The molecular formula is C34H36F3N3O5. The van der Waals surface area contributed by atoms with Crippen molar-refractivity contribution in [2.45, 2.75) is 70.6 Å². The number of hydrogen-bond donors (Lipinski definition) is 2. The zero-order valence-corrected chi connectivity index (χ0v) is 25.4. The Morgan fingerprint density at radius 2 is 1.53 bits per heavy atom. The van der Waals surface area contributed by atoms with E-state index in [2.05, 4.69) is 4.99 Å². The number of rotatable bonds is 10. The van der Waals surface area contributed by atoms with Gasteiger partial charge in [-0.1, -0.05) is 43.2 Å². The van der Waals surface area contributed by atoms with Crippen molar-refractivity contribution in [2.75, 3.05) is 0 Å². The SMILES string of the molecule is CC(C)(C)OC(=O)N(Cc1cc(F)c(N=C(N)CC(=O)c2ccc(F)cc2)c(F)c1)[C@](C(=O)O)(c1ccccc1)C1CCCC1. The molecule has 1 aliphatic rings. The lowest BCUT2D eigenvalue weighted by atomic mass is 9.75. The third-order valence-electron chi connectivity index (χ3n) is 7.71. The van der Waals surface area contributed by atoms with Crippen LogP contribution >= 0.6 is 0 Å². The number of benzene rings is 3. The second-order valence-corrected chi connectivity index (χ2v) is 12.1. The van der Waals surface area contributed by atoms with Gasteiger partial charge in [-0.3, -0.25) is 9.69 Å². The standard InChI is InChI=1S/C34H36F3N3O5/c1-33(2,3)45-32(44)40(34(31(42)43,24-11-7-8-12-24)23-9-5-4-6-10-23)20-21-17-26(36)30(27(37)18-21)39-29(38)19-28(41)22-13-15-25(35)16-14-22/h4-6,9-10,13-18,24H,7-8,11-12,19-20H2,1-3H3,(H2,38,39)(H,42,43)/t34-/m1/s1. The van der Waals surface area contributed by atoms with Crippen LogP contribution in [0.15, 0.2) is 71.7 Å². The number of nitrogens with zero attached hydrogens (tertiary/aromatic N) is 2. The average Bonchev–Trinajstić information content (AvgIpc) is 3.50. The normalized spacial score (nSPS) is 15.4. The average molecular weight is 624 g/mol. The Hall–Kier alpha value is -4.67. The molecule has 0 spiro atoms. The maximum absolute atomic E-state index is 15.4. The molecule has 1 atom stereocenters. The number of ketones is 1. The van der Waals surface area contributed by atoms with Gasteiger partial charge in [0.1, 0.15) is 22.9 Å². The molecule has 0 aromatic heterocycles. The van der Waals surface area contributed by atoms with E-state index >= 15 is 8.78 Å². The summed E-state index contributed by atoms with van der Waals surface area (Å²) in [5.74, 6) is -5.48. The van der Waals surface area contributed by atoms with E-state index in [4.69, 9.17) is 10.5 Å². The van der Waals surface area contributed by atoms with E-state index in [9.17, 15) is 23.9 Å². The number of aliphatic imine (C=N–C) groups is 1. The number of carboxylic acids is 1. The Bertz CT molecular complexity index is 1560. The van der Waals surface area contributed by atoms with Gasteiger partial charge in [0.2, 0.25) is 0 Å². The van der Waals surface area contributed by atoms with E-state index in [0.29, 0.717) is 18.4 Å². The summed E-state index contributed by atoms with van der Waals surface area (Å²) in [7, 11) is 0. The van der Waals surface area contributed by atoms with Crippen LogP contribution < -0.4 is 5.73 Å². The first-order chi connectivity index (χ1) is 21.2. The molecule has 1 aliphatic carbocycles. The van der Waals surface area contributed by atoms with E-state index in [-0.39, 0.29) is 17.0 Å². The maximum atomic E-state index is 15.4. The van der Waals surface area contributed by atoms with Crippen molar-refractivity contribution in [1.29, 1.82) is 0 Å². The van der Waals surface area contributed by atoms with Gasteiger partial charge < -0.3 is 15.6 Å². The number of nitrogens with two attached hydrogens (primary N) is 1. The van der Waals surface area contributed by atoms with Crippen LogP contribution in [-0.4, -0.2) is 39.3 Å². The highest BCUT2D eigenvalue weighted by atomic mass is 19.1. The Morgan fingerprint density at radius 3 is 2.07 bits per heavy atom. The maximum Gasteiger partial charge on any atom is 0.411 e. The van der Waals surface area contributed by atoms with E-state index in [1.807, 2.05) is 0 Å². The fraction of sp³-hybridized carbons (Fsp3) is 0.353. The van der Waals surface area contributed by atoms with Gasteiger partial charge in [-0.05, 0) is 87.1 Å². The molecule has 4 rings (SSSR count). The number of carboxylic acid groups (broad SMARTS) is 1. The van der Waals surface area contributed by atoms with Crippen LogP contribution in [0.4, 0.5) is 23.7 Å². The zero-order valence-electron chi connectivity index (χ0n) is 25.4. The lowest BCUT2D eigenvalue weighted by Gasteiger charge is -2.45. The molecule has 1 amide bonds. The van der Waals surface area contributed by atoms with Crippen LogP contribution in [0.3, 0.4) is 0 Å². The Kier molecular flexibility index (Phi) is 10.00. The number of hydrogen-bond acceptors (Lipinski definition) is 5. The topological polar surface area (TPSA) is 122 Å². The van der Waals surface area contributed by atoms with Gasteiger partial charge in [0, 0.05) is 5.56 Å². The molecule has 0 radical (unpaired) electrons. The van der Waals surface area contributed by atoms with Crippen molar-refractivity contribution in [3.05, 3.63) is 101 Å². The predicted octanol–water partition coefficient (Wildman–Crippen LogP) is 7.27. The van der Waals surface area contributed by atoms with Crippen molar-refractivity contribution >= 4 is 29.4 Å². The van der Waals surface area contributed by atoms with Crippen molar-refractivity contribution in [1.82, 2.24) is 4.90 Å². The summed E-state index contributed by atoms with van der Waals surface area (Å²) in [5.41, 5.74) is 2.64. The number of Topliss-reactive ketones (excluding diaryl/α,β-unsaturated/α-hetero) is 1. The molecule has 238 valence electrons. The van der Waals surface area contributed by atoms with Gasteiger partial charge >= 0.3 is 12.1 Å². The van der Waals surface area contributed by atoms with Crippen molar-refractivity contribution in [2.24, 2.45) is 16.6 Å². The van der Waals surface area contributed by atoms with Crippen LogP contribution in [-0.2, 0) is 21.6 Å². The first-order valence-corrected chi connectivity index (χ1v) is 14.6. The van der Waals surface area contributed by atoms with Crippen LogP contribution in [0.5, 0.6) is 0 Å². The molecule has 0 saturated heterocycles. The molecule has 3 N–H and O–H groups in total. The second kappa shape index (κ2) is 13.5. The largest absolute Gasteiger partial charge is 0.479 e. The molecular weight excluding hydrogens is 587 g/mol. The van der Waals surface area contributed by atoms with Gasteiger partial charge in [0.05, 0.1) is 13.0 Å². The highest BCUT2D eigenvalue weighted by molar-refractivity contribution is 6.09. The monoisotopic (exact) mass is 623 g/mol. The number of ether oxygens (including phenoxy) is 1. The molecule has 1 fully saturated rings. The number of carbonyl (C=O) groups is 3. The lowest BCUT2D eigenvalue weighted by Crippen LogP contribution is -2.59. The minimum atomic E-state index is -1.89. The summed E-state index contributed by atoms with van der Waals surface area (Å²) in [5, 5.41) is 10.9. The minimum absolute atomic E-state index is 0.0460. The molecule has 8 nitrogen and oxygen atoms in total. The fourth-order valence-corrected chi connectivity index (χ4v) is 5.80. The first-order valence-electron chi connectivity index (χ1n) is 14.6. The van der Waals surface area contributed by atoms with Crippen LogP contribution in [0.1, 0.15) is 74.4 Å². The molecule has 45 heavy (non-hydrogen) atoms. The summed E-state index contributed by atoms with van der Waals surface area (Å²) in [4.78, 5) is 44.5. The van der Waals surface area contributed by atoms with E-state index in [1.165, 1.54) is 12.1 Å². The summed E-state index contributed by atoms with van der Waals surface area (Å²) >= 11 is 0. The smallest absolute Gasteiger partial charge is 0.411 e. The van der Waals surface area contributed by atoms with Crippen LogP contribution in [0.2, 0.25) is 0 Å². The Labute approximate surface area is 259 Å². The van der Waals surface area contributed by atoms with E-state index in [1.54, 1.807) is 51.1 Å². The van der Waals surface area contributed by atoms with Crippen molar-refractivity contribution in [3.63, 3.8) is 0 Å². The molecule has 11 heteroatoms. The van der Waals surface area contributed by atoms with Gasteiger partial charge in [0.25, 0.3) is 0 Å². The van der Waals surface area contributed by atoms with Crippen LogP contribution in [0.25, 0.3) is 0 Å². The third kappa shape index (κ3) is 7.53. The summed E-state index contributed by atoms with van der Waals surface area (Å²) < 4.78 is 49.7. The third-order valence-corrected chi connectivity index (χ3v) is 7.71. The van der Waals surface area contributed by atoms with E-state index in [0.717, 1.165) is 42.0 Å². The molecule has 3 aromatic carbocycles. The van der Waals surface area contributed by atoms with Crippen LogP contribution in [0, 0.1) is 23.4 Å². The Balaban J connectivity index is 1.74. The fourth-order valence-electron chi connectivity index (χ4n) is 5.80. The number of halogens is 3. The van der Waals surface area contributed by atoms with Gasteiger partial charge in [-0.15, -0.1) is 0 Å². The van der Waals surface area contributed by atoms with E-state index < -0.39 is 71.0 Å². The number of amidine groups is 1. The molecule has 0 unspecified atom stereocenters. The summed E-state index contributed by atoms with van der Waals surface area (Å²) in [6.45, 7) is 4.42.